The summed E-state index contributed by atoms with van der Waals surface area (Å²) in [5, 5.41) is 8.40. The van der Waals surface area contributed by atoms with Gasteiger partial charge in [0.2, 0.25) is 5.96 Å². The first-order chi connectivity index (χ1) is 15.9. The third-order valence-electron chi connectivity index (χ3n) is 6.30. The number of rotatable bonds is 8. The van der Waals surface area contributed by atoms with Gasteiger partial charge in [0.1, 0.15) is 23.6 Å². The van der Waals surface area contributed by atoms with Crippen molar-refractivity contribution < 1.29 is 14.3 Å². The zero-order valence-corrected chi connectivity index (χ0v) is 19.2. The summed E-state index contributed by atoms with van der Waals surface area (Å²) in [5.74, 6) is 1.68. The van der Waals surface area contributed by atoms with Crippen molar-refractivity contribution in [3.8, 4) is 11.5 Å². The Morgan fingerprint density at radius 2 is 1.33 bits per heavy atom. The van der Waals surface area contributed by atoms with Crippen LogP contribution in [0.4, 0.5) is 0 Å². The molecule has 1 aliphatic heterocycles. The minimum absolute atomic E-state index is 0.0739. The smallest absolute Gasteiger partial charge is 0.255 e. The van der Waals surface area contributed by atoms with Crippen LogP contribution in [0, 0.1) is 5.41 Å². The Morgan fingerprint density at radius 1 is 0.788 bits per heavy atom. The number of guanidine groups is 1. The number of nitrogens with zero attached hydrogens (tertiary/aromatic N) is 2. The molecule has 170 valence electrons. The topological polar surface area (TPSA) is 65.9 Å². The van der Waals surface area contributed by atoms with Gasteiger partial charge in [-0.2, -0.15) is 0 Å². The Bertz CT molecular complexity index is 1110. The quantitative estimate of drug-likeness (QED) is 0.568. The Morgan fingerprint density at radius 3 is 1.82 bits per heavy atom. The minimum Gasteiger partial charge on any atom is -0.497 e. The number of hydrogen-bond acceptors (Lipinski definition) is 4. The highest BCUT2D eigenvalue weighted by molar-refractivity contribution is 6.07. The van der Waals surface area contributed by atoms with Crippen LogP contribution in [0.15, 0.2) is 78.9 Å². The molecule has 1 amide bonds. The van der Waals surface area contributed by atoms with Gasteiger partial charge in [0.15, 0.2) is 0 Å². The first-order valence-corrected chi connectivity index (χ1v) is 10.9. The molecule has 1 saturated heterocycles. The molecule has 0 saturated carbocycles. The maximum atomic E-state index is 13.4. The van der Waals surface area contributed by atoms with Gasteiger partial charge in [-0.15, -0.1) is 0 Å². The lowest BCUT2D eigenvalue weighted by atomic mass is 9.83. The van der Waals surface area contributed by atoms with E-state index in [0.29, 0.717) is 19.4 Å². The molecule has 3 aromatic rings. The number of methoxy groups -OCH3 is 1. The van der Waals surface area contributed by atoms with Gasteiger partial charge in [-0.3, -0.25) is 15.1 Å². The molecule has 0 radical (unpaired) electrons. The van der Waals surface area contributed by atoms with Crippen molar-refractivity contribution in [2.45, 2.75) is 25.0 Å². The molecule has 1 N–H and O–H groups in total. The second-order valence-electron chi connectivity index (χ2n) is 8.40. The molecule has 33 heavy (non-hydrogen) atoms. The van der Waals surface area contributed by atoms with Crippen LogP contribution in [0.3, 0.4) is 0 Å². The van der Waals surface area contributed by atoms with Crippen molar-refractivity contribution in [2.24, 2.45) is 0 Å². The predicted molar refractivity (Wildman–Crippen MR) is 129 cm³/mol. The van der Waals surface area contributed by atoms with E-state index in [9.17, 15) is 4.79 Å². The molecule has 1 atom stereocenters. The highest BCUT2D eigenvalue weighted by atomic mass is 16.5. The van der Waals surface area contributed by atoms with E-state index >= 15 is 0 Å². The summed E-state index contributed by atoms with van der Waals surface area (Å²) < 4.78 is 11.2. The first-order valence-electron chi connectivity index (χ1n) is 10.9. The van der Waals surface area contributed by atoms with Crippen molar-refractivity contribution >= 4 is 11.9 Å². The number of nitrogens with one attached hydrogen (secondary N) is 1. The molecule has 1 aliphatic rings. The fourth-order valence-corrected chi connectivity index (χ4v) is 4.29. The van der Waals surface area contributed by atoms with Crippen molar-refractivity contribution in [1.82, 2.24) is 9.80 Å². The number of carbonyl (C=O) groups excluding carboxylic acids is 1. The van der Waals surface area contributed by atoms with Crippen molar-refractivity contribution in [2.75, 3.05) is 21.2 Å². The molecule has 0 aromatic heterocycles. The van der Waals surface area contributed by atoms with Crippen molar-refractivity contribution in [1.29, 1.82) is 5.41 Å². The van der Waals surface area contributed by atoms with Crippen LogP contribution in [0.25, 0.3) is 0 Å². The number of hydrogen-bond donors (Lipinski definition) is 1. The fourth-order valence-electron chi connectivity index (χ4n) is 4.29. The molecule has 0 bridgehead atoms. The van der Waals surface area contributed by atoms with Crippen molar-refractivity contribution in [3.05, 3.63) is 95.6 Å². The molecule has 0 aliphatic carbocycles. The third kappa shape index (κ3) is 4.55. The van der Waals surface area contributed by atoms with Crippen LogP contribution >= 0.6 is 0 Å². The first kappa shape index (κ1) is 22.4. The Balaban J connectivity index is 1.55. The summed E-state index contributed by atoms with van der Waals surface area (Å²) in [7, 11) is 5.12. The van der Waals surface area contributed by atoms with E-state index in [0.717, 1.165) is 28.2 Å². The largest absolute Gasteiger partial charge is 0.497 e. The number of amides is 1. The summed E-state index contributed by atoms with van der Waals surface area (Å²) in [4.78, 5) is 16.6. The monoisotopic (exact) mass is 443 g/mol. The lowest BCUT2D eigenvalue weighted by Crippen LogP contribution is -2.51. The maximum absolute atomic E-state index is 13.4. The van der Waals surface area contributed by atoms with Gasteiger partial charge in [0.25, 0.3) is 5.91 Å². The van der Waals surface area contributed by atoms with E-state index in [2.05, 4.69) is 0 Å². The summed E-state index contributed by atoms with van der Waals surface area (Å²) >= 11 is 0. The van der Waals surface area contributed by atoms with E-state index in [1.807, 2.05) is 85.9 Å². The van der Waals surface area contributed by atoms with Crippen LogP contribution in [0.1, 0.15) is 16.7 Å². The Kier molecular flexibility index (Phi) is 6.36. The lowest BCUT2D eigenvalue weighted by Gasteiger charge is -2.34. The number of carbonyl (C=O) groups is 1. The van der Waals surface area contributed by atoms with Gasteiger partial charge >= 0.3 is 0 Å². The molecule has 6 heteroatoms. The zero-order valence-electron chi connectivity index (χ0n) is 19.2. The van der Waals surface area contributed by atoms with Gasteiger partial charge in [0.05, 0.1) is 7.11 Å². The van der Waals surface area contributed by atoms with Gasteiger partial charge in [-0.1, -0.05) is 54.6 Å². The van der Waals surface area contributed by atoms with Crippen LogP contribution in [-0.2, 0) is 24.2 Å². The second-order valence-corrected chi connectivity index (χ2v) is 8.40. The average molecular weight is 444 g/mol. The summed E-state index contributed by atoms with van der Waals surface area (Å²) in [6.45, 7) is 0.505. The summed E-state index contributed by atoms with van der Waals surface area (Å²) in [6, 6.07) is 25.7. The molecular formula is C27H29N3O3. The molecular weight excluding hydrogens is 414 g/mol. The van der Waals surface area contributed by atoms with E-state index in [1.54, 1.807) is 19.1 Å². The Labute approximate surface area is 194 Å². The van der Waals surface area contributed by atoms with Crippen molar-refractivity contribution in [3.63, 3.8) is 0 Å². The number of likely N-dealkylation sites (N-methyl/N-ethyl adjacent to an activating group) is 2. The molecule has 0 spiro atoms. The van der Waals surface area contributed by atoms with Gasteiger partial charge in [0, 0.05) is 26.9 Å². The summed E-state index contributed by atoms with van der Waals surface area (Å²) in [6.07, 6.45) is 0.978. The van der Waals surface area contributed by atoms with Gasteiger partial charge < -0.3 is 14.4 Å². The van der Waals surface area contributed by atoms with E-state index < -0.39 is 5.54 Å². The average Bonchev–Trinajstić information content (AvgIpc) is 3.00. The molecule has 1 fully saturated rings. The normalized spacial score (nSPS) is 18.0. The van der Waals surface area contributed by atoms with Crippen LogP contribution in [-0.4, -0.2) is 48.4 Å². The molecule has 3 aromatic carbocycles. The number of benzene rings is 3. The maximum Gasteiger partial charge on any atom is 0.255 e. The zero-order chi connectivity index (χ0) is 23.4. The van der Waals surface area contributed by atoms with E-state index in [-0.39, 0.29) is 11.9 Å². The van der Waals surface area contributed by atoms with Gasteiger partial charge in [-0.25, -0.2) is 0 Å². The second kappa shape index (κ2) is 9.36. The van der Waals surface area contributed by atoms with Crippen LogP contribution < -0.4 is 9.47 Å². The predicted octanol–water partition coefficient (Wildman–Crippen LogP) is 4.14. The van der Waals surface area contributed by atoms with Crippen LogP contribution in [0.5, 0.6) is 11.5 Å². The minimum atomic E-state index is -0.868. The highest BCUT2D eigenvalue weighted by Crippen LogP contribution is 2.33. The van der Waals surface area contributed by atoms with E-state index in [1.165, 1.54) is 4.90 Å². The third-order valence-corrected chi connectivity index (χ3v) is 6.30. The van der Waals surface area contributed by atoms with Gasteiger partial charge in [-0.05, 0) is 41.0 Å². The molecule has 1 heterocycles. The highest BCUT2D eigenvalue weighted by Gasteiger charge is 2.52. The SMILES string of the molecule is COc1ccc(C[C@@]2(Cc3ccc(OCc4ccccc4)cc3)C(=O)N(C)C(=N)N2C)cc1. The Hall–Kier alpha value is -3.80. The summed E-state index contributed by atoms with van der Waals surface area (Å²) in [5.41, 5.74) is 2.27. The fraction of sp³-hybridized carbons (Fsp3) is 0.259. The van der Waals surface area contributed by atoms with Crippen LogP contribution in [0.2, 0.25) is 0 Å². The molecule has 6 nitrogen and oxygen atoms in total. The standard InChI is InChI=1S/C27H29N3O3/c1-29-25(31)27(30(2)26(29)28,17-20-9-13-23(32-3)14-10-20)18-21-11-15-24(16-12-21)33-19-22-7-5-4-6-8-22/h4-16,28H,17-19H2,1-3H3/t27-/m1/s1. The molecule has 4 rings (SSSR count). The number of ether oxygens (including phenoxy) is 2. The molecule has 0 unspecified atom stereocenters. The lowest BCUT2D eigenvalue weighted by molar-refractivity contribution is -0.132. The van der Waals surface area contributed by atoms with E-state index in [4.69, 9.17) is 14.9 Å².